The third-order valence-electron chi connectivity index (χ3n) is 4.44. The molecule has 1 aliphatic carbocycles. The van der Waals surface area contributed by atoms with Gasteiger partial charge in [0.2, 0.25) is 5.60 Å². The fourth-order valence-corrected chi connectivity index (χ4v) is 2.98. The summed E-state index contributed by atoms with van der Waals surface area (Å²) in [6, 6.07) is 5.71. The van der Waals surface area contributed by atoms with Crippen molar-refractivity contribution in [2.24, 2.45) is 11.1 Å². The average Bonchev–Trinajstić information content (AvgIpc) is 3.23. The van der Waals surface area contributed by atoms with E-state index in [1.54, 1.807) is 31.2 Å². The van der Waals surface area contributed by atoms with Crippen molar-refractivity contribution >= 4 is 17.5 Å². The van der Waals surface area contributed by atoms with E-state index in [2.05, 4.69) is 20.8 Å². The monoisotopic (exact) mass is 361 g/mol. The van der Waals surface area contributed by atoms with Gasteiger partial charge in [-0.2, -0.15) is 0 Å². The molecule has 3 rings (SSSR count). The van der Waals surface area contributed by atoms with E-state index in [4.69, 9.17) is 4.84 Å². The lowest BCUT2D eigenvalue weighted by Crippen LogP contribution is -2.48. The zero-order valence-corrected chi connectivity index (χ0v) is 14.5. The van der Waals surface area contributed by atoms with Gasteiger partial charge in [0, 0.05) is 18.0 Å². The lowest BCUT2D eigenvalue weighted by atomic mass is 9.94. The smallest absolute Gasteiger partial charge is 0.267 e. The first kappa shape index (κ1) is 18.1. The Morgan fingerprint density at radius 2 is 2.19 bits per heavy atom. The molecule has 1 heterocycles. The molecule has 1 aromatic carbocycles. The van der Waals surface area contributed by atoms with E-state index in [0.29, 0.717) is 17.7 Å². The summed E-state index contributed by atoms with van der Waals surface area (Å²) in [6.45, 7) is 1.63. The number of nitrogens with zero attached hydrogens (tertiary/aromatic N) is 1. The minimum atomic E-state index is -1.18. The van der Waals surface area contributed by atoms with Crippen LogP contribution < -0.4 is 10.8 Å². The molecular weight excluding hydrogens is 341 g/mol. The minimum absolute atomic E-state index is 0.228. The highest BCUT2D eigenvalue weighted by atomic mass is 19.1. The van der Waals surface area contributed by atoms with Crippen molar-refractivity contribution in [3.05, 3.63) is 47.8 Å². The van der Waals surface area contributed by atoms with Gasteiger partial charge in [-0.3, -0.25) is 14.4 Å². The summed E-state index contributed by atoms with van der Waals surface area (Å²) >= 11 is 0. The lowest BCUT2D eigenvalue weighted by Gasteiger charge is -2.23. The van der Waals surface area contributed by atoms with Crippen LogP contribution in [0, 0.1) is 11.7 Å². The van der Waals surface area contributed by atoms with Gasteiger partial charge in [0.1, 0.15) is 5.82 Å². The SMILES string of the molecule is CONC(=O)[C@H]1C=C[C@@H](NC(=O)C2(C)CC(c3cccc(F)c3)=NO2)C1. The van der Waals surface area contributed by atoms with E-state index in [1.165, 1.54) is 19.2 Å². The van der Waals surface area contributed by atoms with E-state index >= 15 is 0 Å². The lowest BCUT2D eigenvalue weighted by molar-refractivity contribution is -0.142. The van der Waals surface area contributed by atoms with Gasteiger partial charge in [0.15, 0.2) is 0 Å². The zero-order chi connectivity index (χ0) is 18.7. The highest BCUT2D eigenvalue weighted by molar-refractivity contribution is 6.05. The van der Waals surface area contributed by atoms with Crippen molar-refractivity contribution in [1.82, 2.24) is 10.8 Å². The summed E-state index contributed by atoms with van der Waals surface area (Å²) in [5, 5.41) is 6.81. The number of carbonyl (C=O) groups is 2. The Bertz CT molecular complexity index is 779. The van der Waals surface area contributed by atoms with Crippen LogP contribution in [0.15, 0.2) is 41.6 Å². The van der Waals surface area contributed by atoms with Crippen molar-refractivity contribution in [2.45, 2.75) is 31.4 Å². The van der Waals surface area contributed by atoms with Gasteiger partial charge in [0.05, 0.1) is 18.7 Å². The van der Waals surface area contributed by atoms with Gasteiger partial charge in [0.25, 0.3) is 11.8 Å². The van der Waals surface area contributed by atoms with Crippen molar-refractivity contribution in [1.29, 1.82) is 0 Å². The molecule has 0 fully saturated rings. The molecule has 7 nitrogen and oxygen atoms in total. The van der Waals surface area contributed by atoms with Crippen LogP contribution in [-0.2, 0) is 19.3 Å². The largest absolute Gasteiger partial charge is 0.379 e. The van der Waals surface area contributed by atoms with Gasteiger partial charge in [-0.25, -0.2) is 9.87 Å². The third-order valence-corrected chi connectivity index (χ3v) is 4.44. The molecule has 3 atom stereocenters. The van der Waals surface area contributed by atoms with E-state index in [0.717, 1.165) is 0 Å². The number of hydrogen-bond donors (Lipinski definition) is 2. The second kappa shape index (κ2) is 7.25. The molecule has 138 valence electrons. The Morgan fingerprint density at radius 3 is 2.92 bits per heavy atom. The van der Waals surface area contributed by atoms with Crippen LogP contribution in [0.1, 0.15) is 25.3 Å². The van der Waals surface area contributed by atoms with Crippen LogP contribution in [0.2, 0.25) is 0 Å². The summed E-state index contributed by atoms with van der Waals surface area (Å²) in [6.07, 6.45) is 4.16. The molecule has 1 unspecified atom stereocenters. The Labute approximate surface area is 150 Å². The molecule has 0 bridgehead atoms. The van der Waals surface area contributed by atoms with Crippen LogP contribution >= 0.6 is 0 Å². The van der Waals surface area contributed by atoms with Gasteiger partial charge in [-0.15, -0.1) is 0 Å². The summed E-state index contributed by atoms with van der Waals surface area (Å²) in [5.74, 6) is -1.34. The highest BCUT2D eigenvalue weighted by Crippen LogP contribution is 2.28. The normalized spacial score (nSPS) is 27.0. The summed E-state index contributed by atoms with van der Waals surface area (Å²) in [4.78, 5) is 34.3. The Kier molecular flexibility index (Phi) is 5.03. The van der Waals surface area contributed by atoms with Crippen molar-refractivity contribution in [3.63, 3.8) is 0 Å². The average molecular weight is 361 g/mol. The standard InChI is InChI=1S/C18H20FN3O4/c1-18(10-15(21-26-18)11-4-3-5-13(19)8-11)17(24)20-14-7-6-12(9-14)16(23)22-25-2/h3-8,12,14H,9-10H2,1-2H3,(H,20,24)(H,22,23)/t12-,14+,18?/m0/s1. The van der Waals surface area contributed by atoms with Gasteiger partial charge in [-0.05, 0) is 25.5 Å². The molecule has 2 N–H and O–H groups in total. The van der Waals surface area contributed by atoms with Crippen LogP contribution in [0.4, 0.5) is 4.39 Å². The van der Waals surface area contributed by atoms with Gasteiger partial charge in [-0.1, -0.05) is 29.4 Å². The number of hydrogen-bond acceptors (Lipinski definition) is 5. The zero-order valence-electron chi connectivity index (χ0n) is 14.5. The van der Waals surface area contributed by atoms with Gasteiger partial charge >= 0.3 is 0 Å². The maximum Gasteiger partial charge on any atom is 0.267 e. The molecule has 0 radical (unpaired) electrons. The molecular formula is C18H20FN3O4. The first-order valence-electron chi connectivity index (χ1n) is 8.24. The fraction of sp³-hybridized carbons (Fsp3) is 0.389. The summed E-state index contributed by atoms with van der Waals surface area (Å²) < 4.78 is 13.4. The number of nitrogens with one attached hydrogen (secondary N) is 2. The quantitative estimate of drug-likeness (QED) is 0.614. The number of carbonyl (C=O) groups excluding carboxylic acids is 2. The number of halogens is 1. The summed E-state index contributed by atoms with van der Waals surface area (Å²) in [5.41, 5.74) is 2.19. The number of oxime groups is 1. The predicted molar refractivity (Wildman–Crippen MR) is 91.4 cm³/mol. The van der Waals surface area contributed by atoms with E-state index in [1.807, 2.05) is 0 Å². The predicted octanol–water partition coefficient (Wildman–Crippen LogP) is 1.45. The van der Waals surface area contributed by atoms with E-state index in [9.17, 15) is 14.0 Å². The molecule has 26 heavy (non-hydrogen) atoms. The topological polar surface area (TPSA) is 89.0 Å². The van der Waals surface area contributed by atoms with Crippen LogP contribution in [-0.4, -0.2) is 36.3 Å². The maximum absolute atomic E-state index is 13.4. The Hall–Kier alpha value is -2.74. The first-order chi connectivity index (χ1) is 12.4. The Balaban J connectivity index is 1.58. The highest BCUT2D eigenvalue weighted by Gasteiger charge is 2.43. The summed E-state index contributed by atoms with van der Waals surface area (Å²) in [7, 11) is 1.37. The first-order valence-corrected chi connectivity index (χ1v) is 8.24. The molecule has 0 saturated heterocycles. The molecule has 0 saturated carbocycles. The van der Waals surface area contributed by atoms with Crippen molar-refractivity contribution in [2.75, 3.05) is 7.11 Å². The number of rotatable bonds is 5. The van der Waals surface area contributed by atoms with Crippen LogP contribution in [0.25, 0.3) is 0 Å². The third kappa shape index (κ3) is 3.75. The number of hydroxylamine groups is 1. The van der Waals surface area contributed by atoms with E-state index in [-0.39, 0.29) is 36.0 Å². The number of amides is 2. The van der Waals surface area contributed by atoms with Crippen molar-refractivity contribution < 1.29 is 23.7 Å². The van der Waals surface area contributed by atoms with E-state index < -0.39 is 5.60 Å². The second-order valence-corrected chi connectivity index (χ2v) is 6.52. The van der Waals surface area contributed by atoms with Crippen molar-refractivity contribution in [3.8, 4) is 0 Å². The van der Waals surface area contributed by atoms with Crippen LogP contribution in [0.5, 0.6) is 0 Å². The molecule has 2 aliphatic rings. The minimum Gasteiger partial charge on any atom is -0.379 e. The molecule has 2 amide bonds. The fourth-order valence-electron chi connectivity index (χ4n) is 2.98. The molecule has 1 aromatic rings. The van der Waals surface area contributed by atoms with Gasteiger partial charge < -0.3 is 10.2 Å². The maximum atomic E-state index is 13.4. The molecule has 0 aromatic heterocycles. The second-order valence-electron chi connectivity index (χ2n) is 6.52. The molecule has 1 aliphatic heterocycles. The Morgan fingerprint density at radius 1 is 1.38 bits per heavy atom. The number of benzene rings is 1. The molecule has 8 heteroatoms. The molecule has 0 spiro atoms. The van der Waals surface area contributed by atoms with Crippen LogP contribution in [0.3, 0.4) is 0 Å².